The largest absolute Gasteiger partial charge is 0.341 e. The van der Waals surface area contributed by atoms with Crippen LogP contribution in [0.2, 0.25) is 0 Å². The zero-order valence-electron chi connectivity index (χ0n) is 12.3. The number of halogens is 2. The van der Waals surface area contributed by atoms with E-state index in [0.29, 0.717) is 13.1 Å². The fourth-order valence-electron chi connectivity index (χ4n) is 3.44. The highest BCUT2D eigenvalue weighted by atomic mass is 35.5. The Morgan fingerprint density at radius 2 is 1.14 bits per heavy atom. The van der Waals surface area contributed by atoms with E-state index in [9.17, 15) is 9.59 Å². The standard InChI is InChI=1S/C14H22Cl2N4O2/c15-7-1-3-9(17-5-7)11-13(21)20-12(14(22)19-11)10-4-2-8(16)6-18-10/h7-12,17-18H,1-6H2,(H,19,22)(H,20,21)/t7-,8-,9+,10+,11-,12-/m0/s1. The minimum atomic E-state index is -0.516. The van der Waals surface area contributed by atoms with Crippen LogP contribution in [0.4, 0.5) is 0 Å². The lowest BCUT2D eigenvalue weighted by Gasteiger charge is -2.40. The molecule has 0 spiro atoms. The molecule has 0 aliphatic carbocycles. The summed E-state index contributed by atoms with van der Waals surface area (Å²) < 4.78 is 0. The minimum Gasteiger partial charge on any atom is -0.341 e. The van der Waals surface area contributed by atoms with Crippen LogP contribution in [-0.2, 0) is 9.59 Å². The lowest BCUT2D eigenvalue weighted by molar-refractivity contribution is -0.138. The molecule has 3 saturated heterocycles. The monoisotopic (exact) mass is 348 g/mol. The molecule has 0 radical (unpaired) electrons. The van der Waals surface area contributed by atoms with E-state index in [1.807, 2.05) is 0 Å². The molecule has 0 bridgehead atoms. The number of amides is 2. The Bertz CT molecular complexity index is 395. The van der Waals surface area contributed by atoms with Crippen molar-refractivity contribution in [1.82, 2.24) is 21.3 Å². The quantitative estimate of drug-likeness (QED) is 0.516. The summed E-state index contributed by atoms with van der Waals surface area (Å²) in [5, 5.41) is 12.5. The summed E-state index contributed by atoms with van der Waals surface area (Å²) in [6.45, 7) is 1.33. The van der Waals surface area contributed by atoms with Crippen LogP contribution in [0.15, 0.2) is 0 Å². The highest BCUT2D eigenvalue weighted by Gasteiger charge is 2.42. The van der Waals surface area contributed by atoms with Gasteiger partial charge in [-0.2, -0.15) is 0 Å². The van der Waals surface area contributed by atoms with E-state index in [4.69, 9.17) is 23.2 Å². The van der Waals surface area contributed by atoms with Gasteiger partial charge in [0, 0.05) is 35.9 Å². The molecule has 4 N–H and O–H groups in total. The summed E-state index contributed by atoms with van der Waals surface area (Å²) in [6, 6.07) is -1.13. The number of carbonyl (C=O) groups is 2. The smallest absolute Gasteiger partial charge is 0.244 e. The maximum atomic E-state index is 12.4. The molecule has 0 unspecified atom stereocenters. The Morgan fingerprint density at radius 3 is 1.45 bits per heavy atom. The van der Waals surface area contributed by atoms with Gasteiger partial charge in [0.15, 0.2) is 0 Å². The van der Waals surface area contributed by atoms with Crippen molar-refractivity contribution < 1.29 is 9.59 Å². The van der Waals surface area contributed by atoms with Crippen LogP contribution in [0.1, 0.15) is 25.7 Å². The number of hydrogen-bond donors (Lipinski definition) is 4. The number of piperazine rings is 1. The number of hydrogen-bond acceptors (Lipinski definition) is 4. The molecule has 2 amide bonds. The van der Waals surface area contributed by atoms with E-state index in [0.717, 1.165) is 25.7 Å². The van der Waals surface area contributed by atoms with Gasteiger partial charge in [-0.25, -0.2) is 0 Å². The number of nitrogens with one attached hydrogen (secondary N) is 4. The van der Waals surface area contributed by atoms with Gasteiger partial charge >= 0.3 is 0 Å². The van der Waals surface area contributed by atoms with Crippen molar-refractivity contribution in [3.8, 4) is 0 Å². The SMILES string of the molecule is O=C1N[C@@H]([C@H]2CC[C@H](Cl)CN2)C(=O)N[C@H]1[C@H]1CC[C@H](Cl)CN1. The van der Waals surface area contributed by atoms with Crippen molar-refractivity contribution >= 4 is 35.0 Å². The van der Waals surface area contributed by atoms with Crippen molar-refractivity contribution in [1.29, 1.82) is 0 Å². The van der Waals surface area contributed by atoms with Crippen molar-refractivity contribution in [3.05, 3.63) is 0 Å². The molecule has 3 rings (SSSR count). The molecule has 22 heavy (non-hydrogen) atoms. The first-order valence-electron chi connectivity index (χ1n) is 7.90. The average molecular weight is 349 g/mol. The normalized spacial score (nSPS) is 43.4. The van der Waals surface area contributed by atoms with E-state index in [-0.39, 0.29) is 34.7 Å². The second-order valence-corrected chi connectivity index (χ2v) is 7.59. The van der Waals surface area contributed by atoms with Gasteiger partial charge in [-0.3, -0.25) is 9.59 Å². The first-order valence-corrected chi connectivity index (χ1v) is 8.77. The van der Waals surface area contributed by atoms with Gasteiger partial charge in [0.25, 0.3) is 0 Å². The first kappa shape index (κ1) is 16.3. The van der Waals surface area contributed by atoms with Crippen LogP contribution in [0, 0.1) is 0 Å². The molecule has 3 aliphatic rings. The molecular weight excluding hydrogens is 327 g/mol. The molecule has 3 aliphatic heterocycles. The van der Waals surface area contributed by atoms with Gasteiger partial charge in [-0.15, -0.1) is 23.2 Å². The third-order valence-corrected chi connectivity index (χ3v) is 5.50. The maximum absolute atomic E-state index is 12.4. The van der Waals surface area contributed by atoms with E-state index < -0.39 is 12.1 Å². The summed E-state index contributed by atoms with van der Waals surface area (Å²) in [6.07, 6.45) is 3.27. The highest BCUT2D eigenvalue weighted by molar-refractivity contribution is 6.21. The van der Waals surface area contributed by atoms with Crippen LogP contribution in [-0.4, -0.2) is 59.8 Å². The Balaban J connectivity index is 1.59. The summed E-state index contributed by atoms with van der Waals surface area (Å²) in [4.78, 5) is 24.8. The average Bonchev–Trinajstić information content (AvgIpc) is 2.51. The van der Waals surface area contributed by atoms with Crippen LogP contribution >= 0.6 is 23.2 Å². The Hall–Kier alpha value is -0.560. The van der Waals surface area contributed by atoms with E-state index >= 15 is 0 Å². The van der Waals surface area contributed by atoms with Gasteiger partial charge in [0.2, 0.25) is 11.8 Å². The Morgan fingerprint density at radius 1 is 0.727 bits per heavy atom. The predicted octanol–water partition coefficient (Wildman–Crippen LogP) is -0.312. The summed E-state index contributed by atoms with van der Waals surface area (Å²) >= 11 is 12.1. The molecule has 3 heterocycles. The fourth-order valence-corrected chi connectivity index (χ4v) is 3.87. The molecule has 6 nitrogen and oxygen atoms in total. The third-order valence-electron chi connectivity index (χ3n) is 4.75. The molecule has 0 aromatic carbocycles. The number of piperidine rings is 2. The predicted molar refractivity (Wildman–Crippen MR) is 85.2 cm³/mol. The number of carbonyl (C=O) groups excluding carboxylic acids is 2. The van der Waals surface area contributed by atoms with E-state index in [1.54, 1.807) is 0 Å². The Kier molecular flexibility index (Phi) is 5.12. The number of alkyl halides is 2. The van der Waals surface area contributed by atoms with Gasteiger partial charge in [0.05, 0.1) is 0 Å². The van der Waals surface area contributed by atoms with Crippen LogP contribution in [0.3, 0.4) is 0 Å². The molecule has 8 heteroatoms. The summed E-state index contributed by atoms with van der Waals surface area (Å²) in [5.74, 6) is -0.241. The van der Waals surface area contributed by atoms with Crippen LogP contribution in [0.5, 0.6) is 0 Å². The lowest BCUT2D eigenvalue weighted by Crippen LogP contribution is -2.71. The van der Waals surface area contributed by atoms with Crippen molar-refractivity contribution in [3.63, 3.8) is 0 Å². The lowest BCUT2D eigenvalue weighted by atomic mass is 9.91. The van der Waals surface area contributed by atoms with Crippen LogP contribution in [0.25, 0.3) is 0 Å². The molecule has 0 aromatic heterocycles. The fraction of sp³-hybridized carbons (Fsp3) is 0.857. The van der Waals surface area contributed by atoms with Gasteiger partial charge in [-0.1, -0.05) is 0 Å². The van der Waals surface area contributed by atoms with Gasteiger partial charge < -0.3 is 21.3 Å². The van der Waals surface area contributed by atoms with Crippen molar-refractivity contribution in [2.45, 2.75) is 60.6 Å². The van der Waals surface area contributed by atoms with Gasteiger partial charge in [0.1, 0.15) is 12.1 Å². The van der Waals surface area contributed by atoms with Crippen LogP contribution < -0.4 is 21.3 Å². The molecule has 0 saturated carbocycles. The summed E-state index contributed by atoms with van der Waals surface area (Å²) in [7, 11) is 0. The maximum Gasteiger partial charge on any atom is 0.244 e. The summed E-state index contributed by atoms with van der Waals surface area (Å²) in [5.41, 5.74) is 0. The van der Waals surface area contributed by atoms with E-state index in [1.165, 1.54) is 0 Å². The molecule has 6 atom stereocenters. The molecular formula is C14H22Cl2N4O2. The van der Waals surface area contributed by atoms with Crippen molar-refractivity contribution in [2.75, 3.05) is 13.1 Å². The van der Waals surface area contributed by atoms with Gasteiger partial charge in [-0.05, 0) is 25.7 Å². The molecule has 0 aromatic rings. The van der Waals surface area contributed by atoms with E-state index in [2.05, 4.69) is 21.3 Å². The Labute approximate surface area is 140 Å². The van der Waals surface area contributed by atoms with Crippen molar-refractivity contribution in [2.24, 2.45) is 0 Å². The third kappa shape index (κ3) is 3.50. The number of rotatable bonds is 2. The second kappa shape index (κ2) is 6.91. The zero-order chi connectivity index (χ0) is 15.7. The minimum absolute atomic E-state index is 0.0496. The topological polar surface area (TPSA) is 82.3 Å². The zero-order valence-corrected chi connectivity index (χ0v) is 13.8. The highest BCUT2D eigenvalue weighted by Crippen LogP contribution is 2.20. The molecule has 3 fully saturated rings. The first-order chi connectivity index (χ1) is 10.5. The molecule has 124 valence electrons. The second-order valence-electron chi connectivity index (χ2n) is 6.35.